The number of Topliss-reactive ketones (excluding diaryl/α,β-unsaturated/α-hetero) is 1. The number of carbonyl (C=O) groups is 2. The van der Waals surface area contributed by atoms with Crippen LogP contribution < -0.4 is 0 Å². The first-order valence-electron chi connectivity index (χ1n) is 6.33. The van der Waals surface area contributed by atoms with E-state index in [-0.39, 0.29) is 17.7 Å². The van der Waals surface area contributed by atoms with Gasteiger partial charge in [-0.2, -0.15) is 0 Å². The minimum atomic E-state index is 0.169. The van der Waals surface area contributed by atoms with Gasteiger partial charge in [0.25, 0.3) is 0 Å². The molecule has 16 heavy (non-hydrogen) atoms. The molecule has 0 saturated carbocycles. The van der Waals surface area contributed by atoms with Gasteiger partial charge in [-0.15, -0.1) is 0 Å². The molecular weight excluding hydrogens is 202 g/mol. The second kappa shape index (κ2) is 3.72. The van der Waals surface area contributed by atoms with Gasteiger partial charge in [0.05, 0.1) is 0 Å². The van der Waals surface area contributed by atoms with Crippen molar-refractivity contribution < 1.29 is 9.59 Å². The summed E-state index contributed by atoms with van der Waals surface area (Å²) in [7, 11) is 0. The molecule has 3 aliphatic rings. The molecule has 1 saturated heterocycles. The summed E-state index contributed by atoms with van der Waals surface area (Å²) in [5.74, 6) is 0.417. The number of carbonyl (C=O) groups excluding carboxylic acids is 2. The number of hydrogen-bond acceptors (Lipinski definition) is 2. The fourth-order valence-electron chi connectivity index (χ4n) is 3.27. The van der Waals surface area contributed by atoms with Crippen LogP contribution in [0.15, 0.2) is 11.1 Å². The zero-order valence-electron chi connectivity index (χ0n) is 9.50. The lowest BCUT2D eigenvalue weighted by Crippen LogP contribution is -2.35. The lowest BCUT2D eigenvalue weighted by Gasteiger charge is -2.23. The molecule has 2 aliphatic heterocycles. The van der Waals surface area contributed by atoms with E-state index in [2.05, 4.69) is 0 Å². The Morgan fingerprint density at radius 3 is 2.56 bits per heavy atom. The number of amides is 1. The van der Waals surface area contributed by atoms with Crippen LogP contribution in [0.4, 0.5) is 0 Å². The number of allylic oxidation sites excluding steroid dienone is 1. The van der Waals surface area contributed by atoms with E-state index in [1.54, 1.807) is 0 Å². The predicted octanol–water partition coefficient (Wildman–Crippen LogP) is 1.82. The topological polar surface area (TPSA) is 37.4 Å². The number of nitrogens with zero attached hydrogens (tertiary/aromatic N) is 1. The maximum absolute atomic E-state index is 12.3. The Kier molecular flexibility index (Phi) is 2.34. The van der Waals surface area contributed by atoms with E-state index in [9.17, 15) is 9.59 Å². The molecule has 3 heteroatoms. The first-order chi connectivity index (χ1) is 7.77. The number of hydrogen-bond donors (Lipinski definition) is 0. The summed E-state index contributed by atoms with van der Waals surface area (Å²) in [5.41, 5.74) is 1.71. The Morgan fingerprint density at radius 1 is 1.00 bits per heavy atom. The summed E-state index contributed by atoms with van der Waals surface area (Å²) in [5, 5.41) is 0. The van der Waals surface area contributed by atoms with E-state index in [0.29, 0.717) is 6.42 Å². The third-order valence-corrected chi connectivity index (χ3v) is 4.12. The summed E-state index contributed by atoms with van der Waals surface area (Å²) < 4.78 is 0. The Labute approximate surface area is 95.5 Å². The van der Waals surface area contributed by atoms with E-state index in [0.717, 1.165) is 56.2 Å². The summed E-state index contributed by atoms with van der Waals surface area (Å²) >= 11 is 0. The smallest absolute Gasteiger partial charge is 0.250 e. The van der Waals surface area contributed by atoms with Crippen molar-refractivity contribution in [3.63, 3.8) is 0 Å². The highest BCUT2D eigenvalue weighted by atomic mass is 16.2. The third-order valence-electron chi connectivity index (χ3n) is 4.12. The standard InChI is InChI=1S/C13H17NO2/c15-12-8-9-4-3-7-14(9)13(16)11-6-2-1-5-10(11)12/h9H,1-8H2. The van der Waals surface area contributed by atoms with Crippen molar-refractivity contribution in [2.45, 2.75) is 51.0 Å². The quantitative estimate of drug-likeness (QED) is 0.623. The van der Waals surface area contributed by atoms with Crippen molar-refractivity contribution >= 4 is 11.7 Å². The van der Waals surface area contributed by atoms with Crippen LogP contribution in [0.1, 0.15) is 44.9 Å². The summed E-state index contributed by atoms with van der Waals surface area (Å²) in [4.78, 5) is 26.4. The summed E-state index contributed by atoms with van der Waals surface area (Å²) in [6.07, 6.45) is 6.44. The first kappa shape index (κ1) is 10.1. The molecule has 1 atom stereocenters. The van der Waals surface area contributed by atoms with Crippen LogP contribution in [-0.4, -0.2) is 29.2 Å². The largest absolute Gasteiger partial charge is 0.335 e. The van der Waals surface area contributed by atoms with Crippen molar-refractivity contribution in [2.75, 3.05) is 6.54 Å². The van der Waals surface area contributed by atoms with Crippen molar-refractivity contribution in [3.05, 3.63) is 11.1 Å². The van der Waals surface area contributed by atoms with E-state index < -0.39 is 0 Å². The molecule has 0 N–H and O–H groups in total. The first-order valence-corrected chi connectivity index (χ1v) is 6.33. The number of rotatable bonds is 0. The SMILES string of the molecule is O=C1CC2CCCN2C(=O)C2=C1CCCC2. The molecule has 3 nitrogen and oxygen atoms in total. The highest BCUT2D eigenvalue weighted by molar-refractivity contribution is 6.08. The van der Waals surface area contributed by atoms with Gasteiger partial charge < -0.3 is 4.90 Å². The maximum Gasteiger partial charge on any atom is 0.250 e. The van der Waals surface area contributed by atoms with E-state index >= 15 is 0 Å². The summed E-state index contributed by atoms with van der Waals surface area (Å²) in [6, 6.07) is 0.200. The fourth-order valence-corrected chi connectivity index (χ4v) is 3.27. The molecule has 2 heterocycles. The third kappa shape index (κ3) is 1.41. The van der Waals surface area contributed by atoms with Crippen LogP contribution in [-0.2, 0) is 9.59 Å². The molecule has 0 aromatic carbocycles. The van der Waals surface area contributed by atoms with E-state index in [1.807, 2.05) is 4.90 Å². The fraction of sp³-hybridized carbons (Fsp3) is 0.692. The van der Waals surface area contributed by atoms with Gasteiger partial charge in [-0.3, -0.25) is 9.59 Å². The van der Waals surface area contributed by atoms with Crippen LogP contribution in [0.5, 0.6) is 0 Å². The second-order valence-electron chi connectivity index (χ2n) is 5.09. The molecule has 0 bridgehead atoms. The number of fused-ring (bicyclic) bond motifs is 1. The molecule has 1 fully saturated rings. The molecule has 0 aromatic rings. The van der Waals surface area contributed by atoms with Crippen LogP contribution in [0.3, 0.4) is 0 Å². The molecule has 1 unspecified atom stereocenters. The van der Waals surface area contributed by atoms with E-state index in [1.165, 1.54) is 0 Å². The average molecular weight is 219 g/mol. The van der Waals surface area contributed by atoms with Crippen molar-refractivity contribution in [1.29, 1.82) is 0 Å². The highest BCUT2D eigenvalue weighted by Crippen LogP contribution is 2.34. The van der Waals surface area contributed by atoms with Crippen molar-refractivity contribution in [1.82, 2.24) is 4.90 Å². The molecule has 3 rings (SSSR count). The molecule has 0 radical (unpaired) electrons. The summed E-state index contributed by atoms with van der Waals surface area (Å²) in [6.45, 7) is 0.855. The predicted molar refractivity (Wildman–Crippen MR) is 59.9 cm³/mol. The molecule has 1 amide bonds. The monoisotopic (exact) mass is 219 g/mol. The maximum atomic E-state index is 12.3. The van der Waals surface area contributed by atoms with Gasteiger partial charge in [0.1, 0.15) is 0 Å². The lowest BCUT2D eigenvalue weighted by molar-refractivity contribution is -0.128. The molecule has 0 spiro atoms. The van der Waals surface area contributed by atoms with Gasteiger partial charge in [0.2, 0.25) is 5.91 Å². The minimum absolute atomic E-state index is 0.169. The van der Waals surface area contributed by atoms with Crippen molar-refractivity contribution in [2.24, 2.45) is 0 Å². The zero-order valence-corrected chi connectivity index (χ0v) is 9.50. The highest BCUT2D eigenvalue weighted by Gasteiger charge is 2.38. The normalized spacial score (nSPS) is 30.2. The van der Waals surface area contributed by atoms with Gasteiger partial charge in [-0.05, 0) is 38.5 Å². The van der Waals surface area contributed by atoms with Gasteiger partial charge >= 0.3 is 0 Å². The molecular formula is C13H17NO2. The van der Waals surface area contributed by atoms with Gasteiger partial charge in [0, 0.05) is 30.2 Å². The van der Waals surface area contributed by atoms with Crippen molar-refractivity contribution in [3.8, 4) is 0 Å². The minimum Gasteiger partial charge on any atom is -0.335 e. The molecule has 0 aromatic heterocycles. The Bertz CT molecular complexity index is 383. The van der Waals surface area contributed by atoms with Crippen LogP contribution in [0.25, 0.3) is 0 Å². The Hall–Kier alpha value is -1.12. The van der Waals surface area contributed by atoms with E-state index in [4.69, 9.17) is 0 Å². The molecule has 1 aliphatic carbocycles. The van der Waals surface area contributed by atoms with Crippen LogP contribution in [0, 0.1) is 0 Å². The molecule has 86 valence electrons. The van der Waals surface area contributed by atoms with Crippen LogP contribution in [0.2, 0.25) is 0 Å². The number of ketones is 1. The van der Waals surface area contributed by atoms with Gasteiger partial charge in [0.15, 0.2) is 5.78 Å². The lowest BCUT2D eigenvalue weighted by atomic mass is 9.88. The zero-order chi connectivity index (χ0) is 11.1. The van der Waals surface area contributed by atoms with Gasteiger partial charge in [-0.1, -0.05) is 0 Å². The Balaban J connectivity index is 2.01. The second-order valence-corrected chi connectivity index (χ2v) is 5.09. The van der Waals surface area contributed by atoms with Gasteiger partial charge in [-0.25, -0.2) is 0 Å². The van der Waals surface area contributed by atoms with Crippen LogP contribution >= 0.6 is 0 Å². The Morgan fingerprint density at radius 2 is 1.75 bits per heavy atom. The average Bonchev–Trinajstić information content (AvgIpc) is 2.72.